The van der Waals surface area contributed by atoms with Crippen LogP contribution in [0.5, 0.6) is 11.5 Å². The summed E-state index contributed by atoms with van der Waals surface area (Å²) >= 11 is 0. The summed E-state index contributed by atoms with van der Waals surface area (Å²) < 4.78 is 23.2. The summed E-state index contributed by atoms with van der Waals surface area (Å²) in [5, 5.41) is 3.05. The van der Waals surface area contributed by atoms with E-state index in [0.717, 1.165) is 30.0 Å². The molecule has 0 saturated carbocycles. The van der Waals surface area contributed by atoms with Crippen molar-refractivity contribution in [2.45, 2.75) is 17.7 Å². The van der Waals surface area contributed by atoms with Crippen LogP contribution < -0.4 is 14.8 Å². The van der Waals surface area contributed by atoms with Crippen LogP contribution in [0.25, 0.3) is 0 Å². The molecular formula is C13H19NO3S. The third-order valence-electron chi connectivity index (χ3n) is 2.74. The van der Waals surface area contributed by atoms with E-state index in [0.29, 0.717) is 24.7 Å². The second-order valence-electron chi connectivity index (χ2n) is 4.17. The second kappa shape index (κ2) is 6.75. The highest BCUT2D eigenvalue weighted by Crippen LogP contribution is 2.31. The van der Waals surface area contributed by atoms with Crippen molar-refractivity contribution in [1.29, 1.82) is 0 Å². The number of benzene rings is 1. The number of hydrogen-bond donors (Lipinski definition) is 1. The van der Waals surface area contributed by atoms with Gasteiger partial charge in [0.2, 0.25) is 0 Å². The van der Waals surface area contributed by atoms with Crippen molar-refractivity contribution in [3.05, 3.63) is 18.2 Å². The third kappa shape index (κ3) is 3.46. The monoisotopic (exact) mass is 269 g/mol. The first-order valence-electron chi connectivity index (χ1n) is 6.24. The number of rotatable bonds is 5. The molecule has 1 heterocycles. The van der Waals surface area contributed by atoms with Crippen LogP contribution in [-0.2, 0) is 10.8 Å². The van der Waals surface area contributed by atoms with Gasteiger partial charge in [-0.3, -0.25) is 4.21 Å². The average Bonchev–Trinajstić information content (AvgIpc) is 2.63. The van der Waals surface area contributed by atoms with Gasteiger partial charge in [-0.1, -0.05) is 0 Å². The lowest BCUT2D eigenvalue weighted by molar-refractivity contribution is 0.297. The molecule has 1 atom stereocenters. The second-order valence-corrected chi connectivity index (χ2v) is 5.74. The normalized spacial score (nSPS) is 16.1. The molecule has 4 nitrogen and oxygen atoms in total. The van der Waals surface area contributed by atoms with Crippen molar-refractivity contribution >= 4 is 10.8 Å². The summed E-state index contributed by atoms with van der Waals surface area (Å²) in [6.07, 6.45) is 1.78. The van der Waals surface area contributed by atoms with E-state index in [1.165, 1.54) is 0 Å². The van der Waals surface area contributed by atoms with Gasteiger partial charge in [-0.05, 0) is 32.1 Å². The maximum atomic E-state index is 12.1. The van der Waals surface area contributed by atoms with Gasteiger partial charge < -0.3 is 14.8 Å². The van der Waals surface area contributed by atoms with E-state index in [1.807, 2.05) is 25.2 Å². The minimum Gasteiger partial charge on any atom is -0.490 e. The third-order valence-corrected chi connectivity index (χ3v) is 4.18. The Balaban J connectivity index is 2.05. The van der Waals surface area contributed by atoms with Crippen molar-refractivity contribution in [1.82, 2.24) is 5.32 Å². The van der Waals surface area contributed by atoms with Gasteiger partial charge in [-0.2, -0.15) is 0 Å². The van der Waals surface area contributed by atoms with Crippen LogP contribution in [-0.4, -0.2) is 36.8 Å². The van der Waals surface area contributed by atoms with E-state index in [9.17, 15) is 4.21 Å². The minimum atomic E-state index is -0.964. The largest absolute Gasteiger partial charge is 0.490 e. The molecule has 0 aliphatic carbocycles. The molecule has 2 rings (SSSR count). The van der Waals surface area contributed by atoms with E-state index in [4.69, 9.17) is 9.47 Å². The number of nitrogens with one attached hydrogen (secondary N) is 1. The van der Waals surface area contributed by atoms with Crippen molar-refractivity contribution in [3.8, 4) is 11.5 Å². The molecule has 1 aromatic rings. The SMILES string of the molecule is CNCCCS(=O)c1ccc2c(c1)OCCCO2. The summed E-state index contributed by atoms with van der Waals surface area (Å²) in [7, 11) is 0.935. The molecule has 1 N–H and O–H groups in total. The first-order chi connectivity index (χ1) is 8.81. The van der Waals surface area contributed by atoms with Gasteiger partial charge in [0.05, 0.1) is 24.0 Å². The Morgan fingerprint density at radius 1 is 1.28 bits per heavy atom. The van der Waals surface area contributed by atoms with Crippen LogP contribution >= 0.6 is 0 Å². The molecule has 18 heavy (non-hydrogen) atoms. The Bertz CT molecular complexity index is 423. The predicted molar refractivity (Wildman–Crippen MR) is 71.9 cm³/mol. The zero-order valence-corrected chi connectivity index (χ0v) is 11.4. The van der Waals surface area contributed by atoms with Gasteiger partial charge in [0, 0.05) is 23.1 Å². The summed E-state index contributed by atoms with van der Waals surface area (Å²) in [5.74, 6) is 2.14. The fourth-order valence-corrected chi connectivity index (χ4v) is 2.88. The molecule has 1 aliphatic heterocycles. The molecule has 5 heteroatoms. The molecule has 0 saturated heterocycles. The number of ether oxygens (including phenoxy) is 2. The smallest absolute Gasteiger partial charge is 0.162 e. The Kier molecular flexibility index (Phi) is 5.01. The topological polar surface area (TPSA) is 47.6 Å². The van der Waals surface area contributed by atoms with Crippen LogP contribution in [0.2, 0.25) is 0 Å². The zero-order valence-electron chi connectivity index (χ0n) is 10.6. The van der Waals surface area contributed by atoms with E-state index in [-0.39, 0.29) is 0 Å². The lowest BCUT2D eigenvalue weighted by atomic mass is 10.3. The molecule has 100 valence electrons. The Morgan fingerprint density at radius 3 is 2.83 bits per heavy atom. The lowest BCUT2D eigenvalue weighted by Crippen LogP contribution is -2.11. The molecule has 0 amide bonds. The Hall–Kier alpha value is -1.07. The molecule has 1 aliphatic rings. The van der Waals surface area contributed by atoms with Crippen molar-refractivity contribution < 1.29 is 13.7 Å². The van der Waals surface area contributed by atoms with E-state index < -0.39 is 10.8 Å². The molecular weight excluding hydrogens is 250 g/mol. The van der Waals surface area contributed by atoms with Crippen LogP contribution in [0.1, 0.15) is 12.8 Å². The highest BCUT2D eigenvalue weighted by Gasteiger charge is 2.13. The molecule has 0 spiro atoms. The maximum absolute atomic E-state index is 12.1. The van der Waals surface area contributed by atoms with Crippen LogP contribution in [0.15, 0.2) is 23.1 Å². The molecule has 1 unspecified atom stereocenters. The predicted octanol–water partition coefficient (Wildman–Crippen LogP) is 1.56. The first kappa shape index (κ1) is 13.4. The van der Waals surface area contributed by atoms with Crippen molar-refractivity contribution in [2.75, 3.05) is 32.6 Å². The van der Waals surface area contributed by atoms with Crippen molar-refractivity contribution in [3.63, 3.8) is 0 Å². The van der Waals surface area contributed by atoms with Gasteiger partial charge in [-0.25, -0.2) is 0 Å². The number of hydrogen-bond acceptors (Lipinski definition) is 4. The van der Waals surface area contributed by atoms with Gasteiger partial charge in [-0.15, -0.1) is 0 Å². The van der Waals surface area contributed by atoms with Gasteiger partial charge >= 0.3 is 0 Å². The quantitative estimate of drug-likeness (QED) is 0.824. The van der Waals surface area contributed by atoms with Gasteiger partial charge in [0.25, 0.3) is 0 Å². The Morgan fingerprint density at radius 2 is 2.06 bits per heavy atom. The molecule has 0 aromatic heterocycles. The van der Waals surface area contributed by atoms with E-state index in [2.05, 4.69) is 5.32 Å². The van der Waals surface area contributed by atoms with Crippen LogP contribution in [0, 0.1) is 0 Å². The average molecular weight is 269 g/mol. The Labute approximate surface area is 110 Å². The number of fused-ring (bicyclic) bond motifs is 1. The van der Waals surface area contributed by atoms with Gasteiger partial charge in [0.1, 0.15) is 0 Å². The highest BCUT2D eigenvalue weighted by atomic mass is 32.2. The fraction of sp³-hybridized carbons (Fsp3) is 0.538. The van der Waals surface area contributed by atoms with Crippen LogP contribution in [0.4, 0.5) is 0 Å². The summed E-state index contributed by atoms with van der Waals surface area (Å²) in [6.45, 7) is 2.22. The summed E-state index contributed by atoms with van der Waals surface area (Å²) in [4.78, 5) is 0.815. The summed E-state index contributed by atoms with van der Waals surface area (Å²) in [5.41, 5.74) is 0. The summed E-state index contributed by atoms with van der Waals surface area (Å²) in [6, 6.07) is 5.56. The van der Waals surface area contributed by atoms with E-state index in [1.54, 1.807) is 0 Å². The fourth-order valence-electron chi connectivity index (χ4n) is 1.78. The maximum Gasteiger partial charge on any atom is 0.162 e. The lowest BCUT2D eigenvalue weighted by Gasteiger charge is -2.09. The molecule has 1 aromatic carbocycles. The first-order valence-corrected chi connectivity index (χ1v) is 7.56. The van der Waals surface area contributed by atoms with E-state index >= 15 is 0 Å². The van der Waals surface area contributed by atoms with Crippen LogP contribution in [0.3, 0.4) is 0 Å². The molecule has 0 fully saturated rings. The molecule has 0 bridgehead atoms. The standard InChI is InChI=1S/C13H19NO3S/c1-14-6-2-9-18(15)11-4-5-12-13(10-11)17-8-3-7-16-12/h4-5,10,14H,2-3,6-9H2,1H3. The van der Waals surface area contributed by atoms with Crippen molar-refractivity contribution in [2.24, 2.45) is 0 Å². The zero-order chi connectivity index (χ0) is 12.8. The highest BCUT2D eigenvalue weighted by molar-refractivity contribution is 7.85. The van der Waals surface area contributed by atoms with Gasteiger partial charge in [0.15, 0.2) is 11.5 Å². The minimum absolute atomic E-state index is 0.656. The molecule has 0 radical (unpaired) electrons.